The summed E-state index contributed by atoms with van der Waals surface area (Å²) in [6.07, 6.45) is 7.65. The molecule has 6 heteroatoms. The lowest BCUT2D eigenvalue weighted by atomic mass is 9.81. The lowest BCUT2D eigenvalue weighted by Crippen LogP contribution is -2.46. The summed E-state index contributed by atoms with van der Waals surface area (Å²) in [5.41, 5.74) is 3.54. The molecule has 3 aromatic rings. The van der Waals surface area contributed by atoms with E-state index in [0.29, 0.717) is 38.2 Å². The second-order valence-electron chi connectivity index (χ2n) is 8.09. The van der Waals surface area contributed by atoms with Gasteiger partial charge in [-0.05, 0) is 43.0 Å². The predicted octanol–water partition coefficient (Wildman–Crippen LogP) is 3.54. The van der Waals surface area contributed by atoms with E-state index in [9.17, 15) is 9.59 Å². The lowest BCUT2D eigenvalue weighted by molar-refractivity contribution is -0.143. The van der Waals surface area contributed by atoms with Crippen LogP contribution in [0, 0.1) is 11.8 Å². The Bertz CT molecular complexity index is 1100. The van der Waals surface area contributed by atoms with E-state index in [0.717, 1.165) is 17.6 Å². The highest BCUT2D eigenvalue weighted by molar-refractivity contribution is 5.89. The molecular weight excluding hydrogens is 378 g/mol. The van der Waals surface area contributed by atoms with Gasteiger partial charge < -0.3 is 19.6 Å². The fourth-order valence-electron chi connectivity index (χ4n) is 4.71. The molecule has 6 nitrogen and oxygen atoms in total. The minimum Gasteiger partial charge on any atom is -0.467 e. The molecule has 5 rings (SSSR count). The molecule has 0 saturated carbocycles. The van der Waals surface area contributed by atoms with Crippen LogP contribution in [-0.2, 0) is 29.1 Å². The summed E-state index contributed by atoms with van der Waals surface area (Å²) in [6.45, 7) is 1.60. The van der Waals surface area contributed by atoms with Crippen molar-refractivity contribution in [3.8, 4) is 0 Å². The van der Waals surface area contributed by atoms with Crippen LogP contribution in [0.3, 0.4) is 0 Å². The Morgan fingerprint density at radius 2 is 1.93 bits per heavy atom. The molecule has 0 radical (unpaired) electrons. The molecule has 154 valence electrons. The number of hydrogen-bond donors (Lipinski definition) is 2. The first-order valence-corrected chi connectivity index (χ1v) is 10.5. The van der Waals surface area contributed by atoms with Gasteiger partial charge >= 0.3 is 0 Å². The predicted molar refractivity (Wildman–Crippen MR) is 113 cm³/mol. The maximum atomic E-state index is 13.4. The topological polar surface area (TPSA) is 78.3 Å². The average Bonchev–Trinajstić information content (AvgIpc) is 3.44. The zero-order valence-electron chi connectivity index (χ0n) is 16.8. The van der Waals surface area contributed by atoms with Crippen molar-refractivity contribution in [2.24, 2.45) is 11.8 Å². The van der Waals surface area contributed by atoms with Crippen LogP contribution in [0.25, 0.3) is 10.9 Å². The maximum Gasteiger partial charge on any atom is 0.227 e. The van der Waals surface area contributed by atoms with Crippen molar-refractivity contribution < 1.29 is 14.0 Å². The summed E-state index contributed by atoms with van der Waals surface area (Å²) in [5.74, 6) is 0.0262. The number of rotatable bonds is 4. The number of benzene rings is 1. The number of amides is 2. The highest BCUT2D eigenvalue weighted by atomic mass is 16.3. The Morgan fingerprint density at radius 3 is 2.77 bits per heavy atom. The molecular formula is C24H25N3O3. The second-order valence-corrected chi connectivity index (χ2v) is 8.09. The minimum absolute atomic E-state index is 0.0711. The standard InChI is InChI=1S/C24H25N3O3/c28-23(25-14-16-6-5-13-30-16)19-8-1-2-9-20(19)24(29)27-12-11-18-17-7-3-4-10-21(17)26-22(18)15-27/h1-7,10,13,19-20,26H,8-9,11-12,14-15H2,(H,25,28). The molecule has 2 aliphatic rings. The van der Waals surface area contributed by atoms with E-state index in [2.05, 4.69) is 22.4 Å². The molecule has 2 atom stereocenters. The van der Waals surface area contributed by atoms with Gasteiger partial charge in [0.25, 0.3) is 0 Å². The number of aromatic nitrogens is 1. The molecule has 2 N–H and O–H groups in total. The highest BCUT2D eigenvalue weighted by Gasteiger charge is 2.37. The zero-order valence-corrected chi connectivity index (χ0v) is 16.8. The Hall–Kier alpha value is -3.28. The van der Waals surface area contributed by atoms with Gasteiger partial charge in [0.1, 0.15) is 5.76 Å². The van der Waals surface area contributed by atoms with Gasteiger partial charge in [0.05, 0.1) is 31.2 Å². The summed E-state index contributed by atoms with van der Waals surface area (Å²) in [7, 11) is 0. The van der Waals surface area contributed by atoms with Crippen LogP contribution in [0.2, 0.25) is 0 Å². The first-order valence-electron chi connectivity index (χ1n) is 10.5. The van der Waals surface area contributed by atoms with Crippen LogP contribution in [0.1, 0.15) is 29.9 Å². The normalized spacial score (nSPS) is 20.9. The van der Waals surface area contributed by atoms with E-state index in [1.807, 2.05) is 35.3 Å². The second kappa shape index (κ2) is 7.86. The van der Waals surface area contributed by atoms with Gasteiger partial charge in [-0.15, -0.1) is 0 Å². The van der Waals surface area contributed by atoms with Crippen LogP contribution < -0.4 is 5.32 Å². The number of nitrogens with one attached hydrogen (secondary N) is 2. The number of carbonyl (C=O) groups is 2. The van der Waals surface area contributed by atoms with Crippen molar-refractivity contribution in [1.29, 1.82) is 0 Å². The molecule has 1 aromatic carbocycles. The molecule has 0 bridgehead atoms. The van der Waals surface area contributed by atoms with Crippen molar-refractivity contribution in [2.75, 3.05) is 6.54 Å². The Morgan fingerprint density at radius 1 is 1.10 bits per heavy atom. The number of fused-ring (bicyclic) bond motifs is 3. The molecule has 2 amide bonds. The zero-order chi connectivity index (χ0) is 20.5. The Kier molecular flexibility index (Phi) is 4.91. The lowest BCUT2D eigenvalue weighted by Gasteiger charge is -2.34. The molecule has 3 heterocycles. The van der Waals surface area contributed by atoms with Crippen LogP contribution in [0.4, 0.5) is 0 Å². The van der Waals surface area contributed by atoms with E-state index < -0.39 is 0 Å². The molecule has 2 unspecified atom stereocenters. The third-order valence-corrected chi connectivity index (χ3v) is 6.30. The van der Waals surface area contributed by atoms with Crippen LogP contribution in [0.5, 0.6) is 0 Å². The summed E-state index contributed by atoms with van der Waals surface area (Å²) in [4.78, 5) is 31.6. The largest absolute Gasteiger partial charge is 0.467 e. The van der Waals surface area contributed by atoms with E-state index >= 15 is 0 Å². The monoisotopic (exact) mass is 403 g/mol. The van der Waals surface area contributed by atoms with Crippen LogP contribution >= 0.6 is 0 Å². The van der Waals surface area contributed by atoms with Gasteiger partial charge in [-0.25, -0.2) is 0 Å². The number of nitrogens with zero attached hydrogens (tertiary/aromatic N) is 1. The number of carbonyl (C=O) groups excluding carboxylic acids is 2. The molecule has 2 aromatic heterocycles. The molecule has 1 aliphatic carbocycles. The first-order chi connectivity index (χ1) is 14.7. The van der Waals surface area contributed by atoms with Gasteiger partial charge in [-0.3, -0.25) is 9.59 Å². The average molecular weight is 403 g/mol. The summed E-state index contributed by atoms with van der Waals surface area (Å²) in [6, 6.07) is 11.9. The minimum atomic E-state index is -0.346. The van der Waals surface area contributed by atoms with Crippen molar-refractivity contribution in [3.63, 3.8) is 0 Å². The van der Waals surface area contributed by atoms with Crippen molar-refractivity contribution in [1.82, 2.24) is 15.2 Å². The summed E-state index contributed by atoms with van der Waals surface area (Å²) >= 11 is 0. The number of aromatic amines is 1. The summed E-state index contributed by atoms with van der Waals surface area (Å²) < 4.78 is 5.29. The van der Waals surface area contributed by atoms with Crippen LogP contribution in [-0.4, -0.2) is 28.2 Å². The van der Waals surface area contributed by atoms with E-state index in [4.69, 9.17) is 4.42 Å². The van der Waals surface area contributed by atoms with Crippen LogP contribution in [0.15, 0.2) is 59.2 Å². The fraction of sp³-hybridized carbons (Fsp3) is 0.333. The van der Waals surface area contributed by atoms with Crippen molar-refractivity contribution in [2.45, 2.75) is 32.4 Å². The van der Waals surface area contributed by atoms with E-state index in [1.165, 1.54) is 10.9 Å². The van der Waals surface area contributed by atoms with Gasteiger partial charge in [0.2, 0.25) is 11.8 Å². The van der Waals surface area contributed by atoms with Crippen molar-refractivity contribution >= 4 is 22.7 Å². The SMILES string of the molecule is O=C(NCc1ccco1)C1CC=CCC1C(=O)N1CCc2c([nH]c3ccccc23)C1. The van der Waals surface area contributed by atoms with Gasteiger partial charge in [0.15, 0.2) is 0 Å². The molecule has 0 spiro atoms. The first kappa shape index (κ1) is 18.7. The molecule has 30 heavy (non-hydrogen) atoms. The molecule has 0 saturated heterocycles. The Balaban J connectivity index is 1.30. The van der Waals surface area contributed by atoms with Crippen molar-refractivity contribution in [3.05, 3.63) is 71.8 Å². The quantitative estimate of drug-likeness (QED) is 0.654. The number of furan rings is 1. The molecule has 1 aliphatic heterocycles. The number of hydrogen-bond acceptors (Lipinski definition) is 3. The van der Waals surface area contributed by atoms with Gasteiger partial charge in [0, 0.05) is 23.1 Å². The smallest absolute Gasteiger partial charge is 0.227 e. The number of para-hydroxylation sites is 1. The Labute approximate surface area is 174 Å². The summed E-state index contributed by atoms with van der Waals surface area (Å²) in [5, 5.41) is 4.18. The van der Waals surface area contributed by atoms with Gasteiger partial charge in [-0.2, -0.15) is 0 Å². The van der Waals surface area contributed by atoms with E-state index in [-0.39, 0.29) is 23.7 Å². The number of H-pyrrole nitrogens is 1. The number of allylic oxidation sites excluding steroid dienone is 2. The fourth-order valence-corrected chi connectivity index (χ4v) is 4.71. The third kappa shape index (κ3) is 3.43. The maximum absolute atomic E-state index is 13.4. The molecule has 0 fully saturated rings. The highest BCUT2D eigenvalue weighted by Crippen LogP contribution is 2.32. The van der Waals surface area contributed by atoms with E-state index in [1.54, 1.807) is 12.3 Å². The third-order valence-electron chi connectivity index (χ3n) is 6.30. The van der Waals surface area contributed by atoms with Gasteiger partial charge in [-0.1, -0.05) is 30.4 Å².